The van der Waals surface area contributed by atoms with E-state index < -0.39 is 0 Å². The van der Waals surface area contributed by atoms with E-state index in [9.17, 15) is 0 Å². The van der Waals surface area contributed by atoms with Crippen molar-refractivity contribution in [2.45, 2.75) is 6.92 Å². The Bertz CT molecular complexity index is 581. The van der Waals surface area contributed by atoms with Gasteiger partial charge in [0.25, 0.3) is 0 Å². The highest BCUT2D eigenvalue weighted by Gasteiger charge is 2.19. The van der Waals surface area contributed by atoms with Crippen molar-refractivity contribution in [3.05, 3.63) is 22.8 Å². The van der Waals surface area contributed by atoms with Crippen LogP contribution in [0.3, 0.4) is 0 Å². The number of nitrogen functional groups attached to an aromatic ring is 1. The van der Waals surface area contributed by atoms with Gasteiger partial charge in [-0.25, -0.2) is 0 Å². The third-order valence-electron chi connectivity index (χ3n) is 2.80. The summed E-state index contributed by atoms with van der Waals surface area (Å²) >= 11 is 6.27. The van der Waals surface area contributed by atoms with Crippen molar-refractivity contribution >= 4 is 17.4 Å². The molecule has 0 unspecified atom stereocenters. The average Bonchev–Trinajstić information content (AvgIpc) is 2.75. The van der Waals surface area contributed by atoms with E-state index in [2.05, 4.69) is 10.2 Å². The third-order valence-corrected chi connectivity index (χ3v) is 3.10. The van der Waals surface area contributed by atoms with Crippen molar-refractivity contribution in [1.82, 2.24) is 10.2 Å². The number of benzene rings is 1. The molecule has 0 spiro atoms. The van der Waals surface area contributed by atoms with Gasteiger partial charge in [0.1, 0.15) is 5.82 Å². The maximum Gasteiger partial charge on any atom is 0.164 e. The monoisotopic (exact) mass is 267 g/mol. The molecule has 0 saturated heterocycles. The number of aromatic nitrogens is 2. The van der Waals surface area contributed by atoms with Crippen LogP contribution in [0.4, 0.5) is 5.82 Å². The van der Waals surface area contributed by atoms with Crippen molar-refractivity contribution in [1.29, 1.82) is 0 Å². The van der Waals surface area contributed by atoms with Crippen molar-refractivity contribution in [3.8, 4) is 22.6 Å². The number of nitrogens with one attached hydrogen (secondary N) is 1. The summed E-state index contributed by atoms with van der Waals surface area (Å²) in [5, 5.41) is 7.12. The van der Waals surface area contributed by atoms with Crippen molar-refractivity contribution in [3.63, 3.8) is 0 Å². The van der Waals surface area contributed by atoms with E-state index in [1.807, 2.05) is 6.92 Å². The van der Waals surface area contributed by atoms with E-state index in [1.54, 1.807) is 26.5 Å². The van der Waals surface area contributed by atoms with Gasteiger partial charge in [0, 0.05) is 22.8 Å². The minimum absolute atomic E-state index is 0.465. The van der Waals surface area contributed by atoms with Crippen molar-refractivity contribution in [2.75, 3.05) is 20.0 Å². The van der Waals surface area contributed by atoms with E-state index in [1.165, 1.54) is 0 Å². The molecular weight excluding hydrogens is 254 g/mol. The largest absolute Gasteiger partial charge is 0.493 e. The van der Waals surface area contributed by atoms with Gasteiger partial charge in [-0.2, -0.15) is 5.10 Å². The number of hydrogen-bond donors (Lipinski definition) is 2. The number of nitrogens with two attached hydrogens (primary N) is 1. The molecular formula is C12H14ClN3O2. The Morgan fingerprint density at radius 2 is 2.06 bits per heavy atom. The molecule has 0 aliphatic rings. The van der Waals surface area contributed by atoms with Crippen LogP contribution in [0.2, 0.25) is 5.02 Å². The number of hydrogen-bond acceptors (Lipinski definition) is 4. The van der Waals surface area contributed by atoms with E-state index >= 15 is 0 Å². The molecule has 96 valence electrons. The molecule has 6 heteroatoms. The Morgan fingerprint density at radius 3 is 2.56 bits per heavy atom. The number of rotatable bonds is 3. The highest BCUT2D eigenvalue weighted by atomic mass is 35.5. The van der Waals surface area contributed by atoms with Gasteiger partial charge in [0.15, 0.2) is 11.5 Å². The highest BCUT2D eigenvalue weighted by molar-refractivity contribution is 6.34. The van der Waals surface area contributed by atoms with Crippen LogP contribution in [0.1, 0.15) is 5.56 Å². The average molecular weight is 268 g/mol. The van der Waals surface area contributed by atoms with Crippen LogP contribution in [-0.2, 0) is 0 Å². The maximum absolute atomic E-state index is 6.27. The standard InChI is InChI=1S/C12H14ClN3O2/c1-6-10(7-5-15-16-12(7)14)8(13)4-9(17-2)11(6)18-3/h4-5H,1-3H3,(H3,14,15,16). The lowest BCUT2D eigenvalue weighted by Crippen LogP contribution is -1.97. The summed E-state index contributed by atoms with van der Waals surface area (Å²) in [7, 11) is 3.15. The molecule has 0 atom stereocenters. The summed E-state index contributed by atoms with van der Waals surface area (Å²) in [6.45, 7) is 1.90. The lowest BCUT2D eigenvalue weighted by Gasteiger charge is -2.15. The fraction of sp³-hybridized carbons (Fsp3) is 0.250. The summed E-state index contributed by atoms with van der Waals surface area (Å²) in [4.78, 5) is 0. The molecule has 3 N–H and O–H groups in total. The van der Waals surface area contributed by atoms with Gasteiger partial charge in [-0.3, -0.25) is 5.10 Å². The molecule has 1 aromatic heterocycles. The summed E-state index contributed by atoms with van der Waals surface area (Å²) in [5.41, 5.74) is 8.22. The highest BCUT2D eigenvalue weighted by Crippen LogP contribution is 2.43. The van der Waals surface area contributed by atoms with Crippen LogP contribution in [-0.4, -0.2) is 24.4 Å². The molecule has 1 heterocycles. The van der Waals surface area contributed by atoms with E-state index in [0.717, 1.165) is 16.7 Å². The minimum atomic E-state index is 0.465. The second-order valence-corrected chi connectivity index (χ2v) is 4.20. The molecule has 0 amide bonds. The number of nitrogens with zero attached hydrogens (tertiary/aromatic N) is 1. The molecule has 2 aromatic rings. The van der Waals surface area contributed by atoms with Gasteiger partial charge in [-0.1, -0.05) is 11.6 Å². The predicted octanol–water partition coefficient (Wildman–Crippen LogP) is 2.64. The number of anilines is 1. The normalized spacial score (nSPS) is 10.4. The van der Waals surface area contributed by atoms with Crippen molar-refractivity contribution in [2.24, 2.45) is 0 Å². The number of H-pyrrole nitrogens is 1. The van der Waals surface area contributed by atoms with Gasteiger partial charge < -0.3 is 15.2 Å². The summed E-state index contributed by atoms with van der Waals surface area (Å²) in [6, 6.07) is 1.70. The van der Waals surface area contributed by atoms with Crippen LogP contribution < -0.4 is 15.2 Å². The second kappa shape index (κ2) is 4.78. The maximum atomic E-state index is 6.27. The molecule has 1 aromatic carbocycles. The van der Waals surface area contributed by atoms with E-state index in [0.29, 0.717) is 22.3 Å². The molecule has 0 fully saturated rings. The first-order valence-electron chi connectivity index (χ1n) is 5.30. The summed E-state index contributed by atoms with van der Waals surface area (Å²) in [5.74, 6) is 1.69. The fourth-order valence-electron chi connectivity index (χ4n) is 1.96. The molecule has 0 aliphatic carbocycles. The van der Waals surface area contributed by atoms with E-state index in [4.69, 9.17) is 26.8 Å². The molecule has 0 radical (unpaired) electrons. The topological polar surface area (TPSA) is 73.2 Å². The quantitative estimate of drug-likeness (QED) is 0.897. The SMILES string of the molecule is COc1cc(Cl)c(-c2cn[nH]c2N)c(C)c1OC. The Balaban J connectivity index is 2.73. The molecule has 0 saturated carbocycles. The summed E-state index contributed by atoms with van der Waals surface area (Å²) in [6.07, 6.45) is 1.63. The number of halogens is 1. The Kier molecular flexibility index (Phi) is 3.34. The Morgan fingerprint density at radius 1 is 1.33 bits per heavy atom. The van der Waals surface area contributed by atoms with Crippen molar-refractivity contribution < 1.29 is 9.47 Å². The van der Waals surface area contributed by atoms with Gasteiger partial charge in [0.2, 0.25) is 0 Å². The predicted molar refractivity (Wildman–Crippen MR) is 71.3 cm³/mol. The van der Waals surface area contributed by atoms with Gasteiger partial charge in [-0.15, -0.1) is 0 Å². The van der Waals surface area contributed by atoms with Crippen LogP contribution in [0.25, 0.3) is 11.1 Å². The zero-order chi connectivity index (χ0) is 13.3. The number of methoxy groups -OCH3 is 2. The van der Waals surface area contributed by atoms with Gasteiger partial charge in [0.05, 0.1) is 25.4 Å². The minimum Gasteiger partial charge on any atom is -0.493 e. The number of aromatic amines is 1. The van der Waals surface area contributed by atoms with E-state index in [-0.39, 0.29) is 0 Å². The molecule has 18 heavy (non-hydrogen) atoms. The number of ether oxygens (including phenoxy) is 2. The molecule has 0 aliphatic heterocycles. The molecule has 0 bridgehead atoms. The summed E-state index contributed by atoms with van der Waals surface area (Å²) < 4.78 is 10.6. The first-order valence-corrected chi connectivity index (χ1v) is 5.68. The molecule has 5 nitrogen and oxygen atoms in total. The fourth-order valence-corrected chi connectivity index (χ4v) is 2.30. The van der Waals surface area contributed by atoms with Crippen LogP contribution in [0, 0.1) is 6.92 Å². The van der Waals surface area contributed by atoms with Crippen LogP contribution >= 0.6 is 11.6 Å². The third kappa shape index (κ3) is 1.86. The lowest BCUT2D eigenvalue weighted by atomic mass is 10.0. The smallest absolute Gasteiger partial charge is 0.164 e. The first kappa shape index (κ1) is 12.6. The Hall–Kier alpha value is -1.88. The second-order valence-electron chi connectivity index (χ2n) is 3.79. The zero-order valence-electron chi connectivity index (χ0n) is 10.4. The Labute approximate surface area is 110 Å². The lowest BCUT2D eigenvalue weighted by molar-refractivity contribution is 0.353. The first-order chi connectivity index (χ1) is 8.60. The van der Waals surface area contributed by atoms with Crippen LogP contribution in [0.5, 0.6) is 11.5 Å². The van der Waals surface area contributed by atoms with Crippen LogP contribution in [0.15, 0.2) is 12.3 Å². The zero-order valence-corrected chi connectivity index (χ0v) is 11.1. The van der Waals surface area contributed by atoms with Gasteiger partial charge in [-0.05, 0) is 6.92 Å². The molecule has 2 rings (SSSR count). The van der Waals surface area contributed by atoms with Gasteiger partial charge >= 0.3 is 0 Å².